The summed E-state index contributed by atoms with van der Waals surface area (Å²) in [7, 11) is 0. The fourth-order valence-corrected chi connectivity index (χ4v) is 2.03. The molecule has 4 heteroatoms. The Morgan fingerprint density at radius 1 is 0.957 bits per heavy atom. The summed E-state index contributed by atoms with van der Waals surface area (Å²) in [6.07, 6.45) is -0.870. The summed E-state index contributed by atoms with van der Waals surface area (Å²) >= 11 is 0. The van der Waals surface area contributed by atoms with Crippen molar-refractivity contribution in [3.05, 3.63) is 64.7 Å². The lowest BCUT2D eigenvalue weighted by molar-refractivity contribution is -0.123. The Labute approximate surface area is 136 Å². The van der Waals surface area contributed by atoms with Crippen LogP contribution >= 0.6 is 0 Å². The van der Waals surface area contributed by atoms with Crippen LogP contribution in [0, 0.1) is 20.8 Å². The van der Waals surface area contributed by atoms with Gasteiger partial charge < -0.3 is 10.1 Å². The number of amides is 1. The largest absolute Gasteiger partial charge is 0.449 e. The van der Waals surface area contributed by atoms with Crippen LogP contribution in [0.25, 0.3) is 0 Å². The molecule has 0 spiro atoms. The second-order valence-corrected chi connectivity index (χ2v) is 5.70. The standard InChI is InChI=1S/C19H21NO3/c1-12-5-9-17(10-6-12)20-18(21)15(4)23-19(22)16-8-7-13(2)14(3)11-16/h5-11,15H,1-4H3,(H,20,21)/t15-/m1/s1. The number of hydrogen-bond donors (Lipinski definition) is 1. The Bertz CT molecular complexity index is 720. The van der Waals surface area contributed by atoms with Gasteiger partial charge in [-0.1, -0.05) is 23.8 Å². The van der Waals surface area contributed by atoms with Crippen molar-refractivity contribution in [2.24, 2.45) is 0 Å². The monoisotopic (exact) mass is 311 g/mol. The van der Waals surface area contributed by atoms with Crippen molar-refractivity contribution in [1.82, 2.24) is 0 Å². The second-order valence-electron chi connectivity index (χ2n) is 5.70. The van der Waals surface area contributed by atoms with Crippen LogP contribution in [0.4, 0.5) is 5.69 Å². The zero-order chi connectivity index (χ0) is 17.0. The number of aryl methyl sites for hydroxylation is 3. The summed E-state index contributed by atoms with van der Waals surface area (Å²) in [6.45, 7) is 7.43. The third kappa shape index (κ3) is 4.42. The minimum absolute atomic E-state index is 0.356. The topological polar surface area (TPSA) is 55.4 Å². The highest BCUT2D eigenvalue weighted by molar-refractivity contribution is 5.97. The SMILES string of the molecule is Cc1ccc(NC(=O)[C@@H](C)OC(=O)c2ccc(C)c(C)c2)cc1. The van der Waals surface area contributed by atoms with E-state index in [0.29, 0.717) is 11.3 Å². The number of anilines is 1. The Kier molecular flexibility index (Phi) is 5.16. The molecule has 120 valence electrons. The molecule has 0 saturated heterocycles. The van der Waals surface area contributed by atoms with Crippen LogP contribution in [-0.2, 0) is 9.53 Å². The van der Waals surface area contributed by atoms with Gasteiger partial charge in [-0.05, 0) is 63.1 Å². The lowest BCUT2D eigenvalue weighted by Crippen LogP contribution is -2.30. The van der Waals surface area contributed by atoms with Gasteiger partial charge in [-0.3, -0.25) is 4.79 Å². The molecule has 0 bridgehead atoms. The molecule has 0 aromatic heterocycles. The molecular weight excluding hydrogens is 290 g/mol. The van der Waals surface area contributed by atoms with Gasteiger partial charge in [-0.2, -0.15) is 0 Å². The zero-order valence-corrected chi connectivity index (χ0v) is 13.8. The maximum atomic E-state index is 12.1. The van der Waals surface area contributed by atoms with E-state index in [4.69, 9.17) is 4.74 Å². The van der Waals surface area contributed by atoms with Crippen molar-refractivity contribution in [1.29, 1.82) is 0 Å². The Morgan fingerprint density at radius 2 is 1.61 bits per heavy atom. The number of ether oxygens (including phenoxy) is 1. The predicted molar refractivity (Wildman–Crippen MR) is 90.6 cm³/mol. The first-order valence-electron chi connectivity index (χ1n) is 7.52. The molecule has 1 N–H and O–H groups in total. The van der Waals surface area contributed by atoms with E-state index >= 15 is 0 Å². The van der Waals surface area contributed by atoms with E-state index in [9.17, 15) is 9.59 Å². The molecule has 0 aliphatic rings. The van der Waals surface area contributed by atoms with Gasteiger partial charge >= 0.3 is 5.97 Å². The van der Waals surface area contributed by atoms with E-state index in [1.807, 2.05) is 51.1 Å². The first kappa shape index (κ1) is 16.7. The van der Waals surface area contributed by atoms with E-state index in [0.717, 1.165) is 16.7 Å². The average molecular weight is 311 g/mol. The number of nitrogens with one attached hydrogen (secondary N) is 1. The van der Waals surface area contributed by atoms with Crippen LogP contribution < -0.4 is 5.32 Å². The minimum atomic E-state index is -0.870. The van der Waals surface area contributed by atoms with E-state index in [2.05, 4.69) is 5.32 Å². The lowest BCUT2D eigenvalue weighted by atomic mass is 10.1. The normalized spacial score (nSPS) is 11.7. The quantitative estimate of drug-likeness (QED) is 0.874. The van der Waals surface area contributed by atoms with Gasteiger partial charge in [0.15, 0.2) is 6.10 Å². The van der Waals surface area contributed by atoms with Crippen molar-refractivity contribution >= 4 is 17.6 Å². The van der Waals surface area contributed by atoms with E-state index in [1.165, 1.54) is 0 Å². The molecule has 0 saturated carbocycles. The van der Waals surface area contributed by atoms with Gasteiger partial charge in [0.2, 0.25) is 0 Å². The summed E-state index contributed by atoms with van der Waals surface area (Å²) in [5, 5.41) is 2.73. The Morgan fingerprint density at radius 3 is 2.22 bits per heavy atom. The molecule has 0 fully saturated rings. The molecule has 4 nitrogen and oxygen atoms in total. The molecule has 23 heavy (non-hydrogen) atoms. The summed E-state index contributed by atoms with van der Waals surface area (Å²) < 4.78 is 5.24. The van der Waals surface area contributed by atoms with Gasteiger partial charge in [0, 0.05) is 5.69 Å². The summed E-state index contributed by atoms with van der Waals surface area (Å²) in [5.74, 6) is -0.856. The average Bonchev–Trinajstić information content (AvgIpc) is 2.52. The predicted octanol–water partition coefficient (Wildman–Crippen LogP) is 3.80. The van der Waals surface area contributed by atoms with Crippen LogP contribution in [0.3, 0.4) is 0 Å². The molecular formula is C19H21NO3. The van der Waals surface area contributed by atoms with E-state index in [1.54, 1.807) is 19.1 Å². The smallest absolute Gasteiger partial charge is 0.338 e. The van der Waals surface area contributed by atoms with Crippen molar-refractivity contribution in [2.75, 3.05) is 5.32 Å². The first-order valence-corrected chi connectivity index (χ1v) is 7.52. The molecule has 2 aromatic carbocycles. The lowest BCUT2D eigenvalue weighted by Gasteiger charge is -2.14. The van der Waals surface area contributed by atoms with Crippen LogP contribution in [0.1, 0.15) is 34.0 Å². The summed E-state index contributed by atoms with van der Waals surface area (Å²) in [5.41, 5.74) is 4.35. The number of rotatable bonds is 4. The molecule has 0 aliphatic heterocycles. The molecule has 2 rings (SSSR count). The Hall–Kier alpha value is -2.62. The zero-order valence-electron chi connectivity index (χ0n) is 13.8. The second kappa shape index (κ2) is 7.09. The molecule has 2 aromatic rings. The molecule has 1 atom stereocenters. The summed E-state index contributed by atoms with van der Waals surface area (Å²) in [4.78, 5) is 24.2. The highest BCUT2D eigenvalue weighted by Gasteiger charge is 2.19. The third-order valence-electron chi connectivity index (χ3n) is 3.71. The number of esters is 1. The number of carbonyl (C=O) groups is 2. The highest BCUT2D eigenvalue weighted by Crippen LogP contribution is 2.13. The van der Waals surface area contributed by atoms with E-state index in [-0.39, 0.29) is 5.91 Å². The van der Waals surface area contributed by atoms with Crippen molar-refractivity contribution in [3.8, 4) is 0 Å². The maximum absolute atomic E-state index is 12.1. The van der Waals surface area contributed by atoms with Gasteiger partial charge in [0.25, 0.3) is 5.91 Å². The Balaban J connectivity index is 1.98. The van der Waals surface area contributed by atoms with Crippen LogP contribution in [-0.4, -0.2) is 18.0 Å². The van der Waals surface area contributed by atoms with Gasteiger partial charge in [0.1, 0.15) is 0 Å². The maximum Gasteiger partial charge on any atom is 0.338 e. The molecule has 1 amide bonds. The fraction of sp³-hybridized carbons (Fsp3) is 0.263. The van der Waals surface area contributed by atoms with Crippen LogP contribution in [0.5, 0.6) is 0 Å². The first-order chi connectivity index (χ1) is 10.9. The molecule has 0 heterocycles. The van der Waals surface area contributed by atoms with Gasteiger partial charge in [0.05, 0.1) is 5.56 Å². The third-order valence-corrected chi connectivity index (χ3v) is 3.71. The van der Waals surface area contributed by atoms with Gasteiger partial charge in [-0.15, -0.1) is 0 Å². The number of hydrogen-bond acceptors (Lipinski definition) is 3. The number of benzene rings is 2. The van der Waals surface area contributed by atoms with E-state index < -0.39 is 12.1 Å². The molecule has 0 aliphatic carbocycles. The van der Waals surface area contributed by atoms with Crippen LogP contribution in [0.15, 0.2) is 42.5 Å². The summed E-state index contributed by atoms with van der Waals surface area (Å²) in [6, 6.07) is 12.8. The van der Waals surface area contributed by atoms with Crippen molar-refractivity contribution in [3.63, 3.8) is 0 Å². The number of carbonyl (C=O) groups excluding carboxylic acids is 2. The van der Waals surface area contributed by atoms with Crippen molar-refractivity contribution < 1.29 is 14.3 Å². The van der Waals surface area contributed by atoms with Gasteiger partial charge in [-0.25, -0.2) is 4.79 Å². The minimum Gasteiger partial charge on any atom is -0.449 e. The fourth-order valence-electron chi connectivity index (χ4n) is 2.03. The molecule has 0 radical (unpaired) electrons. The highest BCUT2D eigenvalue weighted by atomic mass is 16.5. The molecule has 0 unspecified atom stereocenters. The van der Waals surface area contributed by atoms with Crippen molar-refractivity contribution in [2.45, 2.75) is 33.8 Å². The van der Waals surface area contributed by atoms with Crippen LogP contribution in [0.2, 0.25) is 0 Å².